The number of halogens is 1. The fraction of sp³-hybridized carbons (Fsp3) is 0.545. The number of methoxy groups -OCH3 is 1. The van der Waals surface area contributed by atoms with Crippen molar-refractivity contribution in [3.05, 3.63) is 27.4 Å². The third-order valence-electron chi connectivity index (χ3n) is 2.79. The fourth-order valence-corrected chi connectivity index (χ4v) is 1.98. The van der Waals surface area contributed by atoms with Crippen LogP contribution in [0.3, 0.4) is 0 Å². The fourth-order valence-electron chi connectivity index (χ4n) is 1.78. The highest BCUT2D eigenvalue weighted by molar-refractivity contribution is 6.29. The molecule has 0 amide bonds. The number of hydrogen-bond acceptors (Lipinski definition) is 5. The first kappa shape index (κ1) is 13.0. The van der Waals surface area contributed by atoms with Crippen molar-refractivity contribution in [3.8, 4) is 0 Å². The lowest BCUT2D eigenvalue weighted by atomic mass is 10.3. The summed E-state index contributed by atoms with van der Waals surface area (Å²) in [5.74, 6) is 0.550. The van der Waals surface area contributed by atoms with Crippen LogP contribution in [-0.2, 0) is 4.74 Å². The van der Waals surface area contributed by atoms with Crippen LogP contribution in [0.2, 0.25) is 5.15 Å². The van der Waals surface area contributed by atoms with Crippen LogP contribution in [0.25, 0.3) is 0 Å². The normalized spacial score (nSPS) is 14.6. The average molecular weight is 272 g/mol. The molecule has 0 aliphatic heterocycles. The minimum absolute atomic E-state index is 0.0342. The molecule has 1 fully saturated rings. The monoisotopic (exact) mass is 271 g/mol. The molecule has 1 saturated carbocycles. The Hall–Kier alpha value is -1.40. The van der Waals surface area contributed by atoms with Crippen molar-refractivity contribution in [3.63, 3.8) is 0 Å². The van der Waals surface area contributed by atoms with Gasteiger partial charge in [0.15, 0.2) is 0 Å². The molecule has 2 rings (SSSR count). The maximum absolute atomic E-state index is 10.8. The van der Waals surface area contributed by atoms with Gasteiger partial charge in [0.05, 0.1) is 23.7 Å². The lowest BCUT2D eigenvalue weighted by Crippen LogP contribution is -2.30. The van der Waals surface area contributed by atoms with Gasteiger partial charge >= 0.3 is 0 Å². The van der Waals surface area contributed by atoms with Gasteiger partial charge in [0.2, 0.25) is 0 Å². The van der Waals surface area contributed by atoms with Crippen molar-refractivity contribution in [1.29, 1.82) is 0 Å². The van der Waals surface area contributed by atoms with Gasteiger partial charge in [0.25, 0.3) is 5.69 Å². The zero-order chi connectivity index (χ0) is 13.1. The third-order valence-corrected chi connectivity index (χ3v) is 2.99. The van der Waals surface area contributed by atoms with E-state index in [2.05, 4.69) is 4.98 Å². The molecule has 6 nitrogen and oxygen atoms in total. The maximum Gasteiger partial charge on any atom is 0.276 e. The first-order valence-electron chi connectivity index (χ1n) is 5.69. The lowest BCUT2D eigenvalue weighted by molar-refractivity contribution is -0.384. The summed E-state index contributed by atoms with van der Waals surface area (Å²) in [7, 11) is 1.62. The number of hydrogen-bond donors (Lipinski definition) is 0. The Morgan fingerprint density at radius 3 is 2.89 bits per heavy atom. The second kappa shape index (κ2) is 5.49. The Bertz CT molecular complexity index is 451. The summed E-state index contributed by atoms with van der Waals surface area (Å²) >= 11 is 5.82. The van der Waals surface area contributed by atoms with Gasteiger partial charge in [-0.05, 0) is 12.8 Å². The Balaban J connectivity index is 2.25. The van der Waals surface area contributed by atoms with Crippen molar-refractivity contribution in [2.75, 3.05) is 25.2 Å². The molecule has 1 aliphatic rings. The number of aromatic nitrogens is 1. The second-order valence-electron chi connectivity index (χ2n) is 4.18. The van der Waals surface area contributed by atoms with Gasteiger partial charge in [-0.1, -0.05) is 11.6 Å². The average Bonchev–Trinajstić information content (AvgIpc) is 3.13. The van der Waals surface area contributed by atoms with E-state index >= 15 is 0 Å². The molecule has 0 aromatic carbocycles. The molecule has 1 aliphatic carbocycles. The molecule has 0 bridgehead atoms. The van der Waals surface area contributed by atoms with Crippen LogP contribution in [-0.4, -0.2) is 36.2 Å². The van der Waals surface area contributed by atoms with Gasteiger partial charge in [0.1, 0.15) is 11.0 Å². The topological polar surface area (TPSA) is 68.5 Å². The summed E-state index contributed by atoms with van der Waals surface area (Å²) in [6.07, 6.45) is 2.15. The van der Waals surface area contributed by atoms with E-state index in [1.54, 1.807) is 7.11 Å². The zero-order valence-electron chi connectivity index (χ0n) is 10.0. The lowest BCUT2D eigenvalue weighted by Gasteiger charge is -2.22. The van der Waals surface area contributed by atoms with Gasteiger partial charge in [0, 0.05) is 19.7 Å². The second-order valence-corrected chi connectivity index (χ2v) is 4.57. The van der Waals surface area contributed by atoms with E-state index in [9.17, 15) is 10.1 Å². The predicted octanol–water partition coefficient (Wildman–Crippen LogP) is 2.26. The van der Waals surface area contributed by atoms with Crippen LogP contribution in [0.4, 0.5) is 11.5 Å². The van der Waals surface area contributed by atoms with Crippen LogP contribution < -0.4 is 4.90 Å². The molecule has 1 aromatic rings. The first-order chi connectivity index (χ1) is 8.61. The number of ether oxygens (including phenoxy) is 1. The molecule has 1 aromatic heterocycles. The quantitative estimate of drug-likeness (QED) is 0.451. The SMILES string of the molecule is COCCN(c1cc([N+](=O)[O-])cc(Cl)n1)C1CC1. The molecule has 98 valence electrons. The highest BCUT2D eigenvalue weighted by atomic mass is 35.5. The van der Waals surface area contributed by atoms with E-state index in [1.807, 2.05) is 4.90 Å². The smallest absolute Gasteiger partial charge is 0.276 e. The van der Waals surface area contributed by atoms with Crippen LogP contribution in [0.15, 0.2) is 12.1 Å². The number of nitrogens with zero attached hydrogens (tertiary/aromatic N) is 3. The summed E-state index contributed by atoms with van der Waals surface area (Å²) in [5, 5.41) is 10.9. The van der Waals surface area contributed by atoms with Crippen molar-refractivity contribution in [1.82, 2.24) is 4.98 Å². The number of rotatable bonds is 6. The van der Waals surface area contributed by atoms with Crippen LogP contribution in [0.5, 0.6) is 0 Å². The van der Waals surface area contributed by atoms with E-state index in [1.165, 1.54) is 12.1 Å². The molecule has 0 atom stereocenters. The summed E-state index contributed by atoms with van der Waals surface area (Å²) in [6.45, 7) is 1.21. The van der Waals surface area contributed by atoms with Gasteiger partial charge in [-0.15, -0.1) is 0 Å². The third kappa shape index (κ3) is 3.08. The largest absolute Gasteiger partial charge is 0.383 e. The Kier molecular flexibility index (Phi) is 3.98. The first-order valence-corrected chi connectivity index (χ1v) is 6.07. The Morgan fingerprint density at radius 2 is 2.33 bits per heavy atom. The molecular weight excluding hydrogens is 258 g/mol. The summed E-state index contributed by atoms with van der Waals surface area (Å²) in [4.78, 5) is 16.5. The summed E-state index contributed by atoms with van der Waals surface area (Å²) in [5.41, 5.74) is -0.0342. The van der Waals surface area contributed by atoms with E-state index in [0.717, 1.165) is 12.8 Å². The highest BCUT2D eigenvalue weighted by Gasteiger charge is 2.30. The molecule has 0 saturated heterocycles. The molecule has 0 spiro atoms. The van der Waals surface area contributed by atoms with Crippen molar-refractivity contribution in [2.45, 2.75) is 18.9 Å². The molecular formula is C11H14ClN3O3. The minimum atomic E-state index is -0.460. The van der Waals surface area contributed by atoms with Crippen molar-refractivity contribution >= 4 is 23.1 Å². The Labute approximate surface area is 110 Å². The summed E-state index contributed by atoms with van der Waals surface area (Å²) in [6, 6.07) is 3.11. The predicted molar refractivity (Wildman–Crippen MR) is 68.1 cm³/mol. The van der Waals surface area contributed by atoms with E-state index in [0.29, 0.717) is 25.0 Å². The van der Waals surface area contributed by atoms with E-state index in [-0.39, 0.29) is 10.8 Å². The minimum Gasteiger partial charge on any atom is -0.383 e. The van der Waals surface area contributed by atoms with E-state index < -0.39 is 4.92 Å². The number of pyridine rings is 1. The molecule has 0 N–H and O–H groups in total. The zero-order valence-corrected chi connectivity index (χ0v) is 10.8. The molecule has 18 heavy (non-hydrogen) atoms. The van der Waals surface area contributed by atoms with Gasteiger partial charge in [-0.3, -0.25) is 10.1 Å². The molecule has 7 heteroatoms. The summed E-state index contributed by atoms with van der Waals surface area (Å²) < 4.78 is 5.04. The molecule has 0 radical (unpaired) electrons. The van der Waals surface area contributed by atoms with Gasteiger partial charge in [-0.25, -0.2) is 4.98 Å². The van der Waals surface area contributed by atoms with Gasteiger partial charge < -0.3 is 9.64 Å². The van der Waals surface area contributed by atoms with Crippen LogP contribution in [0, 0.1) is 10.1 Å². The molecule has 0 unspecified atom stereocenters. The van der Waals surface area contributed by atoms with Crippen molar-refractivity contribution < 1.29 is 9.66 Å². The van der Waals surface area contributed by atoms with Crippen LogP contribution in [0.1, 0.15) is 12.8 Å². The maximum atomic E-state index is 10.8. The van der Waals surface area contributed by atoms with E-state index in [4.69, 9.17) is 16.3 Å². The number of nitro groups is 1. The van der Waals surface area contributed by atoms with Gasteiger partial charge in [-0.2, -0.15) is 0 Å². The standard InChI is InChI=1S/C11H14ClN3O3/c1-18-5-4-14(8-2-3-8)11-7-9(15(16)17)6-10(12)13-11/h6-8H,2-5H2,1H3. The Morgan fingerprint density at radius 1 is 1.61 bits per heavy atom. The van der Waals surface area contributed by atoms with Crippen LogP contribution >= 0.6 is 11.6 Å². The van der Waals surface area contributed by atoms with Crippen molar-refractivity contribution in [2.24, 2.45) is 0 Å². The molecule has 1 heterocycles. The number of anilines is 1. The highest BCUT2D eigenvalue weighted by Crippen LogP contribution is 2.32.